The zero-order valence-electron chi connectivity index (χ0n) is 12.7. The lowest BCUT2D eigenvalue weighted by molar-refractivity contribution is -0.160. The van der Waals surface area contributed by atoms with Gasteiger partial charge in [-0.05, 0) is 12.3 Å². The molecule has 1 N–H and O–H groups in total. The molecule has 1 aliphatic rings. The molecule has 1 aliphatic heterocycles. The number of nitrogens with one attached hydrogen (secondary N) is 1. The maximum atomic E-state index is 12.5. The Hall–Kier alpha value is -1.27. The molecule has 4 nitrogen and oxygen atoms in total. The van der Waals surface area contributed by atoms with Gasteiger partial charge in [0.2, 0.25) is 11.8 Å². The molecule has 2 amide bonds. The fourth-order valence-corrected chi connectivity index (χ4v) is 2.57. The molecule has 0 saturated carbocycles. The molecule has 0 spiro atoms. The number of piperazine rings is 1. The lowest BCUT2D eigenvalue weighted by Crippen LogP contribution is -2.65. The number of hydrogen-bond donors (Lipinski definition) is 1. The van der Waals surface area contributed by atoms with E-state index in [0.717, 1.165) is 4.90 Å². The molecule has 1 rings (SSSR count). The van der Waals surface area contributed by atoms with Crippen molar-refractivity contribution in [2.24, 2.45) is 5.92 Å². The predicted octanol–water partition coefficient (Wildman–Crippen LogP) is 2.48. The molecular formula is C14H23F3N2O2. The first-order chi connectivity index (χ1) is 9.71. The molecular weight excluding hydrogens is 285 g/mol. The lowest BCUT2D eigenvalue weighted by atomic mass is 9.92. The fourth-order valence-electron chi connectivity index (χ4n) is 2.57. The number of nitrogens with zero attached hydrogens (tertiary/aromatic N) is 1. The Morgan fingerprint density at radius 3 is 2.38 bits per heavy atom. The normalized spacial score (nSPS) is 25.0. The Bertz CT molecular complexity index is 385. The van der Waals surface area contributed by atoms with Gasteiger partial charge in [0.15, 0.2) is 0 Å². The van der Waals surface area contributed by atoms with Crippen molar-refractivity contribution in [2.75, 3.05) is 6.54 Å². The standard InChI is InChI=1S/C14H23F3N2O2/c1-4-6-10-13(21)19(8-7-14(15,16)17)11(9(3)5-2)12(20)18-10/h9-11H,4-8H2,1-3H3,(H,18,20). The van der Waals surface area contributed by atoms with Gasteiger partial charge in [0.1, 0.15) is 12.1 Å². The molecule has 0 radical (unpaired) electrons. The second kappa shape index (κ2) is 7.13. The monoisotopic (exact) mass is 308 g/mol. The van der Waals surface area contributed by atoms with Crippen LogP contribution in [0, 0.1) is 5.92 Å². The first kappa shape index (κ1) is 17.8. The Morgan fingerprint density at radius 2 is 1.90 bits per heavy atom. The minimum Gasteiger partial charge on any atom is -0.342 e. The average Bonchev–Trinajstić information content (AvgIpc) is 2.39. The van der Waals surface area contributed by atoms with Crippen molar-refractivity contribution >= 4 is 11.8 Å². The van der Waals surface area contributed by atoms with Crippen LogP contribution in [0.1, 0.15) is 46.5 Å². The molecule has 7 heteroatoms. The van der Waals surface area contributed by atoms with Crippen LogP contribution in [0.5, 0.6) is 0 Å². The van der Waals surface area contributed by atoms with Crippen LogP contribution in [0.2, 0.25) is 0 Å². The third-order valence-electron chi connectivity index (χ3n) is 3.90. The number of carbonyl (C=O) groups excluding carboxylic acids is 2. The van der Waals surface area contributed by atoms with Gasteiger partial charge in [-0.25, -0.2) is 0 Å². The van der Waals surface area contributed by atoms with Gasteiger partial charge >= 0.3 is 6.18 Å². The van der Waals surface area contributed by atoms with Crippen LogP contribution in [-0.2, 0) is 9.59 Å². The quantitative estimate of drug-likeness (QED) is 0.819. The molecule has 21 heavy (non-hydrogen) atoms. The zero-order valence-corrected chi connectivity index (χ0v) is 12.7. The van der Waals surface area contributed by atoms with Gasteiger partial charge in [0.05, 0.1) is 6.42 Å². The molecule has 0 aromatic heterocycles. The van der Waals surface area contributed by atoms with Crippen molar-refractivity contribution in [1.82, 2.24) is 10.2 Å². The largest absolute Gasteiger partial charge is 0.390 e. The fraction of sp³-hybridized carbons (Fsp3) is 0.857. The molecule has 122 valence electrons. The summed E-state index contributed by atoms with van der Waals surface area (Å²) in [5.74, 6) is -0.916. The highest BCUT2D eigenvalue weighted by Gasteiger charge is 2.43. The van der Waals surface area contributed by atoms with E-state index in [-0.39, 0.29) is 11.8 Å². The summed E-state index contributed by atoms with van der Waals surface area (Å²) in [4.78, 5) is 25.7. The third kappa shape index (κ3) is 4.61. The molecule has 3 unspecified atom stereocenters. The summed E-state index contributed by atoms with van der Waals surface area (Å²) in [6, 6.07) is -1.51. The highest BCUT2D eigenvalue weighted by atomic mass is 19.4. The zero-order chi connectivity index (χ0) is 16.2. The topological polar surface area (TPSA) is 49.4 Å². The Morgan fingerprint density at radius 1 is 1.29 bits per heavy atom. The number of rotatable bonds is 6. The molecule has 0 aromatic rings. The number of amides is 2. The van der Waals surface area contributed by atoms with Crippen molar-refractivity contribution in [3.63, 3.8) is 0 Å². The Balaban J connectivity index is 2.94. The molecule has 1 fully saturated rings. The summed E-state index contributed by atoms with van der Waals surface area (Å²) in [6.45, 7) is 5.03. The Labute approximate surface area is 123 Å². The Kier molecular flexibility index (Phi) is 6.04. The molecule has 3 atom stereocenters. The molecule has 1 saturated heterocycles. The third-order valence-corrected chi connectivity index (χ3v) is 3.90. The second-order valence-electron chi connectivity index (χ2n) is 5.58. The van der Waals surface area contributed by atoms with Crippen molar-refractivity contribution < 1.29 is 22.8 Å². The highest BCUT2D eigenvalue weighted by molar-refractivity contribution is 5.97. The molecule has 0 bridgehead atoms. The molecule has 0 aromatic carbocycles. The van der Waals surface area contributed by atoms with Gasteiger partial charge < -0.3 is 10.2 Å². The first-order valence-corrected chi connectivity index (χ1v) is 7.38. The summed E-state index contributed by atoms with van der Waals surface area (Å²) < 4.78 is 37.4. The summed E-state index contributed by atoms with van der Waals surface area (Å²) in [5, 5.41) is 2.65. The second-order valence-corrected chi connectivity index (χ2v) is 5.58. The van der Waals surface area contributed by atoms with Crippen molar-refractivity contribution in [3.05, 3.63) is 0 Å². The van der Waals surface area contributed by atoms with E-state index in [9.17, 15) is 22.8 Å². The smallest absolute Gasteiger partial charge is 0.342 e. The summed E-state index contributed by atoms with van der Waals surface area (Å²) >= 11 is 0. The molecule has 1 heterocycles. The number of hydrogen-bond acceptors (Lipinski definition) is 2. The number of halogens is 3. The average molecular weight is 308 g/mol. The van der Waals surface area contributed by atoms with Gasteiger partial charge in [0, 0.05) is 6.54 Å². The van der Waals surface area contributed by atoms with Crippen LogP contribution in [0.4, 0.5) is 13.2 Å². The van der Waals surface area contributed by atoms with E-state index in [2.05, 4.69) is 5.32 Å². The van der Waals surface area contributed by atoms with Crippen molar-refractivity contribution in [2.45, 2.75) is 64.7 Å². The van der Waals surface area contributed by atoms with E-state index in [1.807, 2.05) is 13.8 Å². The maximum absolute atomic E-state index is 12.5. The maximum Gasteiger partial charge on any atom is 0.390 e. The van der Waals surface area contributed by atoms with Crippen LogP contribution < -0.4 is 5.32 Å². The van der Waals surface area contributed by atoms with Crippen molar-refractivity contribution in [3.8, 4) is 0 Å². The lowest BCUT2D eigenvalue weighted by Gasteiger charge is -2.41. The summed E-state index contributed by atoms with van der Waals surface area (Å²) in [7, 11) is 0. The van der Waals surface area contributed by atoms with Gasteiger partial charge in [-0.3, -0.25) is 9.59 Å². The van der Waals surface area contributed by atoms with Gasteiger partial charge in [-0.2, -0.15) is 13.2 Å². The van der Waals surface area contributed by atoms with E-state index >= 15 is 0 Å². The summed E-state index contributed by atoms with van der Waals surface area (Å²) in [5.41, 5.74) is 0. The van der Waals surface area contributed by atoms with E-state index in [4.69, 9.17) is 0 Å². The number of carbonyl (C=O) groups is 2. The minimum atomic E-state index is -4.34. The van der Waals surface area contributed by atoms with Gasteiger partial charge in [-0.15, -0.1) is 0 Å². The van der Waals surface area contributed by atoms with Crippen LogP contribution in [0.15, 0.2) is 0 Å². The van der Waals surface area contributed by atoms with E-state index in [0.29, 0.717) is 19.3 Å². The van der Waals surface area contributed by atoms with Crippen LogP contribution in [0.3, 0.4) is 0 Å². The predicted molar refractivity (Wildman–Crippen MR) is 72.5 cm³/mol. The minimum absolute atomic E-state index is 0.176. The first-order valence-electron chi connectivity index (χ1n) is 7.38. The van der Waals surface area contributed by atoms with Crippen LogP contribution >= 0.6 is 0 Å². The highest BCUT2D eigenvalue weighted by Crippen LogP contribution is 2.25. The van der Waals surface area contributed by atoms with Crippen LogP contribution in [-0.4, -0.2) is 41.5 Å². The number of alkyl halides is 3. The van der Waals surface area contributed by atoms with E-state index < -0.39 is 37.1 Å². The van der Waals surface area contributed by atoms with Crippen molar-refractivity contribution in [1.29, 1.82) is 0 Å². The van der Waals surface area contributed by atoms with Crippen LogP contribution in [0.25, 0.3) is 0 Å². The van der Waals surface area contributed by atoms with E-state index in [1.54, 1.807) is 6.92 Å². The van der Waals surface area contributed by atoms with E-state index in [1.165, 1.54) is 0 Å². The SMILES string of the molecule is CCCC1NC(=O)C(C(C)CC)N(CCC(F)(F)F)C1=O. The van der Waals surface area contributed by atoms with Gasteiger partial charge in [-0.1, -0.05) is 33.6 Å². The van der Waals surface area contributed by atoms with Gasteiger partial charge in [0.25, 0.3) is 0 Å². The summed E-state index contributed by atoms with van der Waals surface area (Å²) in [6.07, 6.45) is -3.68. The molecule has 0 aliphatic carbocycles.